The second-order valence-corrected chi connectivity index (χ2v) is 7.91. The third-order valence-corrected chi connectivity index (χ3v) is 6.06. The first-order valence-electron chi connectivity index (χ1n) is 6.45. The summed E-state index contributed by atoms with van der Waals surface area (Å²) >= 11 is 3.30. The summed E-state index contributed by atoms with van der Waals surface area (Å²) < 4.78 is 32.9. The first-order chi connectivity index (χ1) is 9.36. The number of hydrogen-bond donors (Lipinski definition) is 1. The molecule has 2 rings (SSSR count). The molecular weight excluding hydrogens is 344 g/mol. The van der Waals surface area contributed by atoms with Crippen LogP contribution in [0.15, 0.2) is 27.6 Å². The molecule has 0 saturated carbocycles. The molecule has 7 heteroatoms. The van der Waals surface area contributed by atoms with E-state index in [0.717, 1.165) is 0 Å². The molecule has 2 atom stereocenters. The molecule has 1 fully saturated rings. The van der Waals surface area contributed by atoms with E-state index < -0.39 is 10.0 Å². The SMILES string of the molecule is COc1ccc(Br)cc1S(=O)(=O)N1CCC(N)C(C)C1. The van der Waals surface area contributed by atoms with Gasteiger partial charge in [0.05, 0.1) is 7.11 Å². The van der Waals surface area contributed by atoms with Crippen LogP contribution in [-0.4, -0.2) is 39.0 Å². The van der Waals surface area contributed by atoms with E-state index in [1.807, 2.05) is 6.92 Å². The zero-order chi connectivity index (χ0) is 14.9. The quantitative estimate of drug-likeness (QED) is 0.889. The highest BCUT2D eigenvalue weighted by Gasteiger charge is 2.33. The molecule has 1 aliphatic rings. The van der Waals surface area contributed by atoms with Gasteiger partial charge in [-0.05, 0) is 30.5 Å². The van der Waals surface area contributed by atoms with Gasteiger partial charge in [-0.1, -0.05) is 22.9 Å². The minimum atomic E-state index is -3.56. The fourth-order valence-corrected chi connectivity index (χ4v) is 4.58. The van der Waals surface area contributed by atoms with Gasteiger partial charge in [-0.25, -0.2) is 8.42 Å². The normalized spacial score (nSPS) is 24.6. The van der Waals surface area contributed by atoms with Gasteiger partial charge >= 0.3 is 0 Å². The van der Waals surface area contributed by atoms with Crippen LogP contribution in [0, 0.1) is 5.92 Å². The van der Waals surface area contributed by atoms with Crippen LogP contribution in [0.4, 0.5) is 0 Å². The van der Waals surface area contributed by atoms with Crippen LogP contribution in [0.5, 0.6) is 5.75 Å². The van der Waals surface area contributed by atoms with Crippen LogP contribution < -0.4 is 10.5 Å². The fraction of sp³-hybridized carbons (Fsp3) is 0.538. The lowest BCUT2D eigenvalue weighted by Gasteiger charge is -2.34. The van der Waals surface area contributed by atoms with E-state index in [2.05, 4.69) is 15.9 Å². The maximum absolute atomic E-state index is 12.8. The molecule has 0 radical (unpaired) electrons. The second-order valence-electron chi connectivity index (χ2n) is 5.09. The lowest BCUT2D eigenvalue weighted by Crippen LogP contribution is -2.48. The van der Waals surface area contributed by atoms with Crippen molar-refractivity contribution in [1.29, 1.82) is 0 Å². The van der Waals surface area contributed by atoms with Gasteiger partial charge in [0.2, 0.25) is 10.0 Å². The Bertz CT molecular complexity index is 591. The molecule has 0 amide bonds. The zero-order valence-electron chi connectivity index (χ0n) is 11.5. The van der Waals surface area contributed by atoms with Crippen molar-refractivity contribution in [2.45, 2.75) is 24.3 Å². The Hall–Kier alpha value is -0.630. The number of nitrogens with zero attached hydrogens (tertiary/aromatic N) is 1. The summed E-state index contributed by atoms with van der Waals surface area (Å²) in [5.41, 5.74) is 5.95. The zero-order valence-corrected chi connectivity index (χ0v) is 13.9. The largest absolute Gasteiger partial charge is 0.495 e. The molecule has 1 aromatic rings. The van der Waals surface area contributed by atoms with Crippen molar-refractivity contribution >= 4 is 26.0 Å². The van der Waals surface area contributed by atoms with Gasteiger partial charge in [0.1, 0.15) is 10.6 Å². The molecular formula is C13H19BrN2O3S. The highest BCUT2D eigenvalue weighted by molar-refractivity contribution is 9.10. The predicted octanol–water partition coefficient (Wildman–Crippen LogP) is 1.82. The number of hydrogen-bond acceptors (Lipinski definition) is 4. The van der Waals surface area contributed by atoms with Crippen molar-refractivity contribution in [2.75, 3.05) is 20.2 Å². The third kappa shape index (κ3) is 3.00. The molecule has 1 heterocycles. The molecule has 1 aromatic carbocycles. The van der Waals surface area contributed by atoms with Crippen LogP contribution in [0.25, 0.3) is 0 Å². The predicted molar refractivity (Wildman–Crippen MR) is 81.2 cm³/mol. The number of rotatable bonds is 3. The smallest absolute Gasteiger partial charge is 0.246 e. The van der Waals surface area contributed by atoms with Gasteiger partial charge in [0.15, 0.2) is 0 Å². The van der Waals surface area contributed by atoms with Crippen LogP contribution in [0.2, 0.25) is 0 Å². The number of halogens is 1. The molecule has 2 N–H and O–H groups in total. The van der Waals surface area contributed by atoms with E-state index in [1.54, 1.807) is 18.2 Å². The van der Waals surface area contributed by atoms with E-state index in [1.165, 1.54) is 11.4 Å². The number of piperidine rings is 1. The molecule has 5 nitrogen and oxygen atoms in total. The van der Waals surface area contributed by atoms with Crippen molar-refractivity contribution in [3.8, 4) is 5.75 Å². The molecule has 2 unspecified atom stereocenters. The maximum atomic E-state index is 12.8. The summed E-state index contributed by atoms with van der Waals surface area (Å²) in [6, 6.07) is 5.04. The van der Waals surface area contributed by atoms with Crippen LogP contribution in [0.3, 0.4) is 0 Å². The average molecular weight is 363 g/mol. The van der Waals surface area contributed by atoms with E-state index in [0.29, 0.717) is 29.7 Å². The van der Waals surface area contributed by atoms with Gasteiger partial charge < -0.3 is 10.5 Å². The Kier molecular flexibility index (Phi) is 4.73. The lowest BCUT2D eigenvalue weighted by molar-refractivity contribution is 0.249. The topological polar surface area (TPSA) is 72.6 Å². The fourth-order valence-electron chi connectivity index (χ4n) is 2.33. The van der Waals surface area contributed by atoms with E-state index in [4.69, 9.17) is 10.5 Å². The summed E-state index contributed by atoms with van der Waals surface area (Å²) in [6.45, 7) is 2.87. The van der Waals surface area contributed by atoms with Crippen molar-refractivity contribution in [1.82, 2.24) is 4.31 Å². The first-order valence-corrected chi connectivity index (χ1v) is 8.69. The molecule has 0 spiro atoms. The van der Waals surface area contributed by atoms with Gasteiger partial charge in [0, 0.05) is 23.6 Å². The standard InChI is InChI=1S/C13H19BrN2O3S/c1-9-8-16(6-5-11(9)15)20(17,18)13-7-10(14)3-4-12(13)19-2/h3-4,7,9,11H,5-6,8,15H2,1-2H3. The third-order valence-electron chi connectivity index (χ3n) is 3.68. The number of benzene rings is 1. The maximum Gasteiger partial charge on any atom is 0.246 e. The molecule has 20 heavy (non-hydrogen) atoms. The summed E-state index contributed by atoms with van der Waals surface area (Å²) in [4.78, 5) is 0.192. The summed E-state index contributed by atoms with van der Waals surface area (Å²) in [6.07, 6.45) is 0.677. The number of ether oxygens (including phenoxy) is 1. The van der Waals surface area contributed by atoms with E-state index >= 15 is 0 Å². The number of nitrogens with two attached hydrogens (primary N) is 1. The van der Waals surface area contributed by atoms with Crippen molar-refractivity contribution < 1.29 is 13.2 Å². The number of methoxy groups -OCH3 is 1. The van der Waals surface area contributed by atoms with E-state index in [9.17, 15) is 8.42 Å². The van der Waals surface area contributed by atoms with Crippen molar-refractivity contribution in [3.05, 3.63) is 22.7 Å². The second kappa shape index (κ2) is 6.01. The molecule has 0 bridgehead atoms. The van der Waals surface area contributed by atoms with Crippen LogP contribution >= 0.6 is 15.9 Å². The lowest BCUT2D eigenvalue weighted by atomic mass is 9.96. The van der Waals surface area contributed by atoms with Gasteiger partial charge in [-0.3, -0.25) is 0 Å². The minimum Gasteiger partial charge on any atom is -0.495 e. The highest BCUT2D eigenvalue weighted by atomic mass is 79.9. The number of sulfonamides is 1. The average Bonchev–Trinajstić information content (AvgIpc) is 2.41. The van der Waals surface area contributed by atoms with E-state index in [-0.39, 0.29) is 16.9 Å². The summed E-state index contributed by atoms with van der Waals surface area (Å²) in [5.74, 6) is 0.507. The monoisotopic (exact) mass is 362 g/mol. The van der Waals surface area contributed by atoms with Gasteiger partial charge in [-0.2, -0.15) is 4.31 Å². The summed E-state index contributed by atoms with van der Waals surface area (Å²) in [7, 11) is -2.09. The van der Waals surface area contributed by atoms with Crippen molar-refractivity contribution in [3.63, 3.8) is 0 Å². The Morgan fingerprint density at radius 1 is 1.45 bits per heavy atom. The summed E-state index contributed by atoms with van der Waals surface area (Å²) in [5, 5.41) is 0. The molecule has 1 saturated heterocycles. The highest BCUT2D eigenvalue weighted by Crippen LogP contribution is 2.31. The first kappa shape index (κ1) is 15.8. The Morgan fingerprint density at radius 3 is 2.75 bits per heavy atom. The molecule has 1 aliphatic heterocycles. The van der Waals surface area contributed by atoms with Gasteiger partial charge in [0.25, 0.3) is 0 Å². The minimum absolute atomic E-state index is 0.0610. The molecule has 0 aromatic heterocycles. The molecule has 112 valence electrons. The van der Waals surface area contributed by atoms with Crippen LogP contribution in [0.1, 0.15) is 13.3 Å². The molecule has 0 aliphatic carbocycles. The van der Waals surface area contributed by atoms with Crippen LogP contribution in [-0.2, 0) is 10.0 Å². The van der Waals surface area contributed by atoms with Crippen molar-refractivity contribution in [2.24, 2.45) is 11.7 Å². The Labute approximate surface area is 128 Å². The Morgan fingerprint density at radius 2 is 2.15 bits per heavy atom. The van der Waals surface area contributed by atoms with Gasteiger partial charge in [-0.15, -0.1) is 0 Å². The Balaban J connectivity index is 2.38.